The fourth-order valence-corrected chi connectivity index (χ4v) is 0.992. The lowest BCUT2D eigenvalue weighted by atomic mass is 10.1. The van der Waals surface area contributed by atoms with Crippen LogP contribution in [0.25, 0.3) is 0 Å². The Balaban J connectivity index is 3.04. The highest BCUT2D eigenvalue weighted by molar-refractivity contribution is 5.74. The number of benzene rings is 1. The van der Waals surface area contributed by atoms with Gasteiger partial charge in [0, 0.05) is 6.21 Å². The maximum absolute atomic E-state index is 4.24. The minimum atomic E-state index is 1.02. The summed E-state index contributed by atoms with van der Waals surface area (Å²) in [5, 5.41) is 0. The quantitative estimate of drug-likeness (QED) is 0.588. The first-order valence-corrected chi connectivity index (χ1v) is 3.96. The summed E-state index contributed by atoms with van der Waals surface area (Å²) < 4.78 is 0. The van der Waals surface area contributed by atoms with E-state index in [4.69, 9.17) is 0 Å². The van der Waals surface area contributed by atoms with Crippen LogP contribution in [0.1, 0.15) is 11.1 Å². The van der Waals surface area contributed by atoms with E-state index >= 15 is 0 Å². The van der Waals surface area contributed by atoms with Crippen molar-refractivity contribution in [1.29, 1.82) is 0 Å². The molecule has 0 aromatic heterocycles. The van der Waals surface area contributed by atoms with E-state index in [0.29, 0.717) is 0 Å². The molecule has 0 aliphatic heterocycles. The van der Waals surface area contributed by atoms with E-state index in [0.717, 1.165) is 5.69 Å². The van der Waals surface area contributed by atoms with Crippen molar-refractivity contribution in [3.05, 3.63) is 42.0 Å². The minimum absolute atomic E-state index is 1.02. The molecular weight excluding hydrogens is 146 g/mol. The third-order valence-corrected chi connectivity index (χ3v) is 1.68. The zero-order chi connectivity index (χ0) is 8.97. The molecule has 0 saturated heterocycles. The molecule has 0 fully saturated rings. The summed E-state index contributed by atoms with van der Waals surface area (Å²) in [7, 11) is 0. The van der Waals surface area contributed by atoms with Crippen molar-refractivity contribution in [3.63, 3.8) is 0 Å². The van der Waals surface area contributed by atoms with Gasteiger partial charge in [-0.05, 0) is 31.0 Å². The van der Waals surface area contributed by atoms with Crippen LogP contribution in [0.3, 0.4) is 0 Å². The second kappa shape index (κ2) is 3.86. The maximum atomic E-state index is 4.24. The summed E-state index contributed by atoms with van der Waals surface area (Å²) in [5.41, 5.74) is 3.45. The Morgan fingerprint density at radius 2 is 2.08 bits per heavy atom. The van der Waals surface area contributed by atoms with Crippen LogP contribution in [0.4, 0.5) is 5.69 Å². The first kappa shape index (κ1) is 8.72. The van der Waals surface area contributed by atoms with Gasteiger partial charge in [-0.2, -0.15) is 0 Å². The Morgan fingerprint density at radius 3 is 2.75 bits per heavy atom. The highest BCUT2D eigenvalue weighted by Crippen LogP contribution is 2.18. The summed E-state index contributed by atoms with van der Waals surface area (Å²) >= 11 is 0. The van der Waals surface area contributed by atoms with Gasteiger partial charge < -0.3 is 0 Å². The summed E-state index contributed by atoms with van der Waals surface area (Å²) in [5.74, 6) is 0. The molecule has 0 bridgehead atoms. The smallest absolute Gasteiger partial charge is 0.0661 e. The van der Waals surface area contributed by atoms with E-state index in [1.807, 2.05) is 0 Å². The average molecular weight is 159 g/mol. The van der Waals surface area contributed by atoms with E-state index in [-0.39, 0.29) is 0 Å². The number of rotatable bonds is 2. The van der Waals surface area contributed by atoms with Crippen molar-refractivity contribution in [3.8, 4) is 0 Å². The van der Waals surface area contributed by atoms with Crippen molar-refractivity contribution >= 4 is 11.9 Å². The molecule has 0 saturated carbocycles. The van der Waals surface area contributed by atoms with E-state index in [2.05, 4.69) is 43.6 Å². The summed E-state index contributed by atoms with van der Waals surface area (Å²) in [6.45, 7) is 7.69. The molecule has 0 aliphatic rings. The van der Waals surface area contributed by atoms with E-state index in [1.54, 1.807) is 12.3 Å². The van der Waals surface area contributed by atoms with E-state index < -0.39 is 0 Å². The molecule has 1 aromatic carbocycles. The molecule has 0 atom stereocenters. The molecule has 1 heteroatoms. The molecule has 1 nitrogen and oxygen atoms in total. The predicted octanol–water partition coefficient (Wildman–Crippen LogP) is 3.19. The van der Waals surface area contributed by atoms with Gasteiger partial charge in [-0.25, -0.2) is 0 Å². The Hall–Kier alpha value is -1.37. The lowest BCUT2D eigenvalue weighted by Gasteiger charge is -1.99. The second-order valence-electron chi connectivity index (χ2n) is 2.80. The minimum Gasteiger partial charge on any atom is -0.257 e. The fourth-order valence-electron chi connectivity index (χ4n) is 0.992. The lowest BCUT2D eigenvalue weighted by molar-refractivity contribution is 1.36. The number of aliphatic imine (C=N–C) groups is 1. The van der Waals surface area contributed by atoms with Crippen LogP contribution in [0, 0.1) is 13.8 Å². The largest absolute Gasteiger partial charge is 0.257 e. The van der Waals surface area contributed by atoms with Crippen LogP contribution in [0.2, 0.25) is 0 Å². The lowest BCUT2D eigenvalue weighted by Crippen LogP contribution is -1.77. The van der Waals surface area contributed by atoms with Gasteiger partial charge in [0.2, 0.25) is 0 Å². The normalized spacial score (nSPS) is 10.5. The van der Waals surface area contributed by atoms with Gasteiger partial charge in [0.05, 0.1) is 5.69 Å². The molecule has 0 aliphatic carbocycles. The van der Waals surface area contributed by atoms with E-state index in [1.165, 1.54) is 11.1 Å². The number of hydrogen-bond donors (Lipinski definition) is 0. The van der Waals surface area contributed by atoms with Gasteiger partial charge in [0.1, 0.15) is 0 Å². The SMILES string of the molecule is C=CC=Nc1cc(C)ccc1C. The first-order valence-electron chi connectivity index (χ1n) is 3.96. The van der Waals surface area contributed by atoms with Crippen molar-refractivity contribution < 1.29 is 0 Å². The second-order valence-corrected chi connectivity index (χ2v) is 2.80. The van der Waals surface area contributed by atoms with Crippen LogP contribution < -0.4 is 0 Å². The number of hydrogen-bond acceptors (Lipinski definition) is 1. The maximum Gasteiger partial charge on any atom is 0.0661 e. The van der Waals surface area contributed by atoms with Crippen LogP contribution in [0.15, 0.2) is 35.8 Å². The van der Waals surface area contributed by atoms with Gasteiger partial charge in [-0.3, -0.25) is 4.99 Å². The molecule has 12 heavy (non-hydrogen) atoms. The Morgan fingerprint density at radius 1 is 1.33 bits per heavy atom. The van der Waals surface area contributed by atoms with Crippen LogP contribution in [0.5, 0.6) is 0 Å². The average Bonchev–Trinajstić information content (AvgIpc) is 2.07. The summed E-state index contributed by atoms with van der Waals surface area (Å²) in [6, 6.07) is 6.22. The zero-order valence-corrected chi connectivity index (χ0v) is 7.54. The molecular formula is C11H13N. The Bertz CT molecular complexity index is 311. The molecule has 0 spiro atoms. The monoisotopic (exact) mass is 159 g/mol. The van der Waals surface area contributed by atoms with Crippen molar-refractivity contribution in [1.82, 2.24) is 0 Å². The molecule has 62 valence electrons. The van der Waals surface area contributed by atoms with Gasteiger partial charge in [0.25, 0.3) is 0 Å². The molecule has 0 amide bonds. The predicted molar refractivity (Wildman–Crippen MR) is 54.3 cm³/mol. The van der Waals surface area contributed by atoms with Gasteiger partial charge in [0.15, 0.2) is 0 Å². The highest BCUT2D eigenvalue weighted by atomic mass is 14.7. The molecule has 1 rings (SSSR count). The molecule has 0 radical (unpaired) electrons. The molecule has 1 aromatic rings. The standard InChI is InChI=1S/C11H13N/c1-4-7-12-11-8-9(2)5-6-10(11)3/h4-8H,1H2,2-3H3. The van der Waals surface area contributed by atoms with Crippen molar-refractivity contribution in [2.24, 2.45) is 4.99 Å². The third kappa shape index (κ3) is 2.06. The molecule has 0 N–H and O–H groups in total. The fraction of sp³-hybridized carbons (Fsp3) is 0.182. The van der Waals surface area contributed by atoms with Crippen LogP contribution in [-0.4, -0.2) is 6.21 Å². The van der Waals surface area contributed by atoms with Gasteiger partial charge in [-0.1, -0.05) is 24.8 Å². The van der Waals surface area contributed by atoms with Crippen molar-refractivity contribution in [2.45, 2.75) is 13.8 Å². The van der Waals surface area contributed by atoms with Crippen LogP contribution in [-0.2, 0) is 0 Å². The molecule has 0 heterocycles. The van der Waals surface area contributed by atoms with Gasteiger partial charge in [-0.15, -0.1) is 0 Å². The topological polar surface area (TPSA) is 12.4 Å². The first-order chi connectivity index (χ1) is 5.74. The Kier molecular flexibility index (Phi) is 2.81. The number of allylic oxidation sites excluding steroid dienone is 1. The van der Waals surface area contributed by atoms with Gasteiger partial charge >= 0.3 is 0 Å². The highest BCUT2D eigenvalue weighted by Gasteiger charge is 1.93. The van der Waals surface area contributed by atoms with Crippen LogP contribution >= 0.6 is 0 Å². The molecule has 0 unspecified atom stereocenters. The third-order valence-electron chi connectivity index (χ3n) is 1.68. The Labute approximate surface area is 73.5 Å². The summed E-state index contributed by atoms with van der Waals surface area (Å²) in [6.07, 6.45) is 3.39. The number of aryl methyl sites for hydroxylation is 2. The number of nitrogens with zero attached hydrogens (tertiary/aromatic N) is 1. The van der Waals surface area contributed by atoms with E-state index in [9.17, 15) is 0 Å². The summed E-state index contributed by atoms with van der Waals surface area (Å²) in [4.78, 5) is 4.24. The van der Waals surface area contributed by atoms with Crippen molar-refractivity contribution in [2.75, 3.05) is 0 Å². The zero-order valence-electron chi connectivity index (χ0n) is 7.54.